The van der Waals surface area contributed by atoms with E-state index in [9.17, 15) is 4.79 Å². The summed E-state index contributed by atoms with van der Waals surface area (Å²) in [7, 11) is 0. The second-order valence-corrected chi connectivity index (χ2v) is 4.12. The van der Waals surface area contributed by atoms with Crippen LogP contribution in [0.15, 0.2) is 30.3 Å². The van der Waals surface area contributed by atoms with Crippen LogP contribution < -0.4 is 0 Å². The molecule has 0 fully saturated rings. The van der Waals surface area contributed by atoms with E-state index in [2.05, 4.69) is 6.92 Å². The summed E-state index contributed by atoms with van der Waals surface area (Å²) in [6.45, 7) is 4.56. The van der Waals surface area contributed by atoms with Gasteiger partial charge in [-0.1, -0.05) is 43.7 Å². The van der Waals surface area contributed by atoms with E-state index in [0.717, 1.165) is 25.0 Å². The van der Waals surface area contributed by atoms with Crippen LogP contribution in [0.3, 0.4) is 0 Å². The van der Waals surface area contributed by atoms with Crippen LogP contribution in [0.2, 0.25) is 0 Å². The van der Waals surface area contributed by atoms with E-state index in [4.69, 9.17) is 9.47 Å². The Morgan fingerprint density at radius 1 is 1.00 bits per heavy atom. The molecule has 3 nitrogen and oxygen atoms in total. The molecule has 0 radical (unpaired) electrons. The molecule has 18 heavy (non-hydrogen) atoms. The lowest BCUT2D eigenvalue weighted by molar-refractivity contribution is 0.0446. The predicted octanol–water partition coefficient (Wildman–Crippen LogP) is 3.09. The lowest BCUT2D eigenvalue weighted by Crippen LogP contribution is -2.09. The van der Waals surface area contributed by atoms with Gasteiger partial charge in [0.05, 0.1) is 19.8 Å². The number of carbonyl (C=O) groups excluding carboxylic acids is 1. The monoisotopic (exact) mass is 250 g/mol. The summed E-state index contributed by atoms with van der Waals surface area (Å²) in [5, 5.41) is 0. The molecular formula is C15H22O3. The van der Waals surface area contributed by atoms with E-state index in [1.54, 1.807) is 0 Å². The Bertz CT molecular complexity index is 322. The van der Waals surface area contributed by atoms with Gasteiger partial charge in [0.25, 0.3) is 0 Å². The standard InChI is InChI=1S/C15H22O3/c1-2-3-10-17-12-13-18-11-9-15(16)14-7-5-4-6-8-14/h4-8H,2-3,9-13H2,1H3. The average Bonchev–Trinajstić information content (AvgIpc) is 2.42. The fraction of sp³-hybridized carbons (Fsp3) is 0.533. The number of rotatable bonds is 10. The number of hydrogen-bond acceptors (Lipinski definition) is 3. The van der Waals surface area contributed by atoms with Gasteiger partial charge in [-0.2, -0.15) is 0 Å². The number of Topliss-reactive ketones (excluding diaryl/α,β-unsaturated/α-hetero) is 1. The Kier molecular flexibility index (Phi) is 8.10. The van der Waals surface area contributed by atoms with Crippen molar-refractivity contribution < 1.29 is 14.3 Å². The van der Waals surface area contributed by atoms with E-state index in [1.807, 2.05) is 30.3 Å². The van der Waals surface area contributed by atoms with Crippen LogP contribution in [0.25, 0.3) is 0 Å². The van der Waals surface area contributed by atoms with Crippen LogP contribution in [0, 0.1) is 0 Å². The highest BCUT2D eigenvalue weighted by Crippen LogP contribution is 2.02. The van der Waals surface area contributed by atoms with Gasteiger partial charge in [0.1, 0.15) is 0 Å². The van der Waals surface area contributed by atoms with Crippen molar-refractivity contribution in [3.8, 4) is 0 Å². The maximum atomic E-state index is 11.7. The van der Waals surface area contributed by atoms with Crippen molar-refractivity contribution in [2.75, 3.05) is 26.4 Å². The SMILES string of the molecule is CCCCOCCOCCC(=O)c1ccccc1. The average molecular weight is 250 g/mol. The minimum atomic E-state index is 0.127. The van der Waals surface area contributed by atoms with Crippen LogP contribution in [0.4, 0.5) is 0 Å². The molecule has 0 heterocycles. The summed E-state index contributed by atoms with van der Waals surface area (Å²) < 4.78 is 10.7. The number of unbranched alkanes of at least 4 members (excludes halogenated alkanes) is 1. The van der Waals surface area contributed by atoms with Gasteiger partial charge in [0.2, 0.25) is 0 Å². The number of ketones is 1. The maximum Gasteiger partial charge on any atom is 0.165 e. The summed E-state index contributed by atoms with van der Waals surface area (Å²) in [5.74, 6) is 0.127. The highest BCUT2D eigenvalue weighted by atomic mass is 16.5. The van der Waals surface area contributed by atoms with Crippen molar-refractivity contribution in [1.82, 2.24) is 0 Å². The minimum absolute atomic E-state index is 0.127. The molecule has 1 rings (SSSR count). The molecule has 0 bridgehead atoms. The molecule has 0 amide bonds. The van der Waals surface area contributed by atoms with Gasteiger partial charge in [-0.25, -0.2) is 0 Å². The molecule has 100 valence electrons. The van der Waals surface area contributed by atoms with Crippen molar-refractivity contribution >= 4 is 5.78 Å². The smallest absolute Gasteiger partial charge is 0.165 e. The topological polar surface area (TPSA) is 35.5 Å². The molecule has 1 aromatic rings. The van der Waals surface area contributed by atoms with Gasteiger partial charge in [0, 0.05) is 18.6 Å². The molecule has 0 N–H and O–H groups in total. The fourth-order valence-electron chi connectivity index (χ4n) is 1.50. The minimum Gasteiger partial charge on any atom is -0.379 e. The van der Waals surface area contributed by atoms with Gasteiger partial charge in [-0.05, 0) is 6.42 Å². The van der Waals surface area contributed by atoms with Gasteiger partial charge in [-0.15, -0.1) is 0 Å². The van der Waals surface area contributed by atoms with E-state index in [-0.39, 0.29) is 5.78 Å². The van der Waals surface area contributed by atoms with E-state index >= 15 is 0 Å². The molecule has 0 aliphatic rings. The Balaban J connectivity index is 2.00. The summed E-state index contributed by atoms with van der Waals surface area (Å²) >= 11 is 0. The van der Waals surface area contributed by atoms with Crippen LogP contribution in [0.5, 0.6) is 0 Å². The first kappa shape index (κ1) is 14.9. The number of hydrogen-bond donors (Lipinski definition) is 0. The molecule has 0 spiro atoms. The third-order valence-corrected chi connectivity index (χ3v) is 2.58. The summed E-state index contributed by atoms with van der Waals surface area (Å²) in [6.07, 6.45) is 2.66. The van der Waals surface area contributed by atoms with Gasteiger partial charge >= 0.3 is 0 Å². The van der Waals surface area contributed by atoms with Crippen LogP contribution in [-0.2, 0) is 9.47 Å². The second-order valence-electron chi connectivity index (χ2n) is 4.12. The number of ether oxygens (including phenoxy) is 2. The lowest BCUT2D eigenvalue weighted by atomic mass is 10.1. The highest BCUT2D eigenvalue weighted by molar-refractivity contribution is 5.96. The first-order chi connectivity index (χ1) is 8.84. The molecule has 0 unspecified atom stereocenters. The number of benzene rings is 1. The molecule has 0 atom stereocenters. The lowest BCUT2D eigenvalue weighted by Gasteiger charge is -2.05. The normalized spacial score (nSPS) is 10.5. The molecular weight excluding hydrogens is 228 g/mol. The van der Waals surface area contributed by atoms with Crippen molar-refractivity contribution in [3.63, 3.8) is 0 Å². The highest BCUT2D eigenvalue weighted by Gasteiger charge is 2.03. The fourth-order valence-corrected chi connectivity index (χ4v) is 1.50. The zero-order valence-corrected chi connectivity index (χ0v) is 11.1. The second kappa shape index (κ2) is 9.80. The third kappa shape index (κ3) is 6.52. The zero-order valence-electron chi connectivity index (χ0n) is 11.1. The quantitative estimate of drug-likeness (QED) is 0.473. The van der Waals surface area contributed by atoms with Gasteiger partial charge in [0.15, 0.2) is 5.78 Å². The molecule has 0 saturated heterocycles. The molecule has 0 aliphatic heterocycles. The largest absolute Gasteiger partial charge is 0.379 e. The number of carbonyl (C=O) groups is 1. The summed E-state index contributed by atoms with van der Waals surface area (Å²) in [5.41, 5.74) is 0.750. The van der Waals surface area contributed by atoms with Crippen molar-refractivity contribution in [2.45, 2.75) is 26.2 Å². The Hall–Kier alpha value is -1.19. The van der Waals surface area contributed by atoms with Gasteiger partial charge in [-0.3, -0.25) is 4.79 Å². The Morgan fingerprint density at radius 3 is 2.33 bits per heavy atom. The molecule has 0 aliphatic carbocycles. The van der Waals surface area contributed by atoms with Gasteiger partial charge < -0.3 is 9.47 Å². The molecule has 0 saturated carbocycles. The van der Waals surface area contributed by atoms with Crippen LogP contribution >= 0.6 is 0 Å². The van der Waals surface area contributed by atoms with E-state index in [0.29, 0.717) is 26.2 Å². The van der Waals surface area contributed by atoms with Crippen LogP contribution in [0.1, 0.15) is 36.5 Å². The zero-order chi connectivity index (χ0) is 13.1. The molecule has 0 aromatic heterocycles. The first-order valence-electron chi connectivity index (χ1n) is 6.58. The Labute approximate surface area is 109 Å². The third-order valence-electron chi connectivity index (χ3n) is 2.58. The van der Waals surface area contributed by atoms with Crippen LogP contribution in [-0.4, -0.2) is 32.2 Å². The van der Waals surface area contributed by atoms with Crippen molar-refractivity contribution in [1.29, 1.82) is 0 Å². The predicted molar refractivity (Wildman–Crippen MR) is 71.9 cm³/mol. The van der Waals surface area contributed by atoms with E-state index < -0.39 is 0 Å². The van der Waals surface area contributed by atoms with Crippen molar-refractivity contribution in [3.05, 3.63) is 35.9 Å². The summed E-state index contributed by atoms with van der Waals surface area (Å²) in [6, 6.07) is 9.30. The molecule has 3 heteroatoms. The van der Waals surface area contributed by atoms with Crippen molar-refractivity contribution in [2.24, 2.45) is 0 Å². The molecule has 1 aromatic carbocycles. The summed E-state index contributed by atoms with van der Waals surface area (Å²) in [4.78, 5) is 11.7. The maximum absolute atomic E-state index is 11.7. The first-order valence-corrected chi connectivity index (χ1v) is 6.58. The Morgan fingerprint density at radius 2 is 1.67 bits per heavy atom. The van der Waals surface area contributed by atoms with E-state index in [1.165, 1.54) is 0 Å².